The molecule has 3 aliphatic carbocycles. The van der Waals surface area contributed by atoms with E-state index in [2.05, 4.69) is 10.2 Å². The first kappa shape index (κ1) is 13.1. The average Bonchev–Trinajstić information content (AvgIpc) is 2.90. The summed E-state index contributed by atoms with van der Waals surface area (Å²) < 4.78 is 5.76. The lowest BCUT2D eigenvalue weighted by Crippen LogP contribution is -2.54. The van der Waals surface area contributed by atoms with E-state index in [1.54, 1.807) is 0 Å². The molecule has 1 atom stereocenters. The van der Waals surface area contributed by atoms with Crippen LogP contribution in [0.5, 0.6) is 0 Å². The third-order valence-electron chi connectivity index (χ3n) is 6.18. The fraction of sp³-hybridized carbons (Fsp3) is 0.938. The highest BCUT2D eigenvalue weighted by molar-refractivity contribution is 5.92. The molecule has 1 spiro atoms. The van der Waals surface area contributed by atoms with Crippen molar-refractivity contribution in [2.24, 2.45) is 5.92 Å². The number of methoxy groups -OCH3 is 1. The first-order chi connectivity index (χ1) is 9.68. The molecule has 1 aliphatic heterocycles. The lowest BCUT2D eigenvalue weighted by atomic mass is 9.79. The van der Waals surface area contributed by atoms with Gasteiger partial charge in [-0.05, 0) is 50.9 Å². The molecular weight excluding hydrogens is 252 g/mol. The maximum absolute atomic E-state index is 12.8. The van der Waals surface area contributed by atoms with Crippen molar-refractivity contribution in [2.45, 2.75) is 75.1 Å². The number of nitrogens with zero attached hydrogens (tertiary/aromatic N) is 1. The number of nitrogens with one attached hydrogen (secondary N) is 1. The van der Waals surface area contributed by atoms with Crippen LogP contribution in [0.4, 0.5) is 0 Å². The van der Waals surface area contributed by atoms with Crippen LogP contribution in [0, 0.1) is 5.92 Å². The zero-order chi connectivity index (χ0) is 13.8. The maximum Gasteiger partial charge on any atom is 0.244 e. The molecule has 1 heterocycles. The molecule has 1 saturated heterocycles. The number of hydrogen-bond acceptors (Lipinski definition) is 3. The molecule has 4 heteroatoms. The Morgan fingerprint density at radius 2 is 1.90 bits per heavy atom. The van der Waals surface area contributed by atoms with Gasteiger partial charge in [-0.1, -0.05) is 12.8 Å². The van der Waals surface area contributed by atoms with E-state index in [4.69, 9.17) is 4.74 Å². The molecule has 0 aromatic rings. The van der Waals surface area contributed by atoms with E-state index >= 15 is 0 Å². The average molecular weight is 278 g/mol. The number of ether oxygens (including phenoxy) is 1. The lowest BCUT2D eigenvalue weighted by Gasteiger charge is -2.44. The summed E-state index contributed by atoms with van der Waals surface area (Å²) in [7, 11) is 1.81. The van der Waals surface area contributed by atoms with Gasteiger partial charge in [0.1, 0.15) is 0 Å². The van der Waals surface area contributed by atoms with Gasteiger partial charge in [0.25, 0.3) is 0 Å². The van der Waals surface area contributed by atoms with Crippen LogP contribution < -0.4 is 5.32 Å². The SMILES string of the molecule is COC1(CN2C(=O)C3(CC3)NC2C2CCCC2)CCC1. The molecule has 1 N–H and O–H groups in total. The van der Waals surface area contributed by atoms with Gasteiger partial charge in [0.05, 0.1) is 23.9 Å². The van der Waals surface area contributed by atoms with E-state index in [-0.39, 0.29) is 17.3 Å². The van der Waals surface area contributed by atoms with Crippen LogP contribution in [0.25, 0.3) is 0 Å². The quantitative estimate of drug-likeness (QED) is 0.855. The van der Waals surface area contributed by atoms with E-state index in [0.717, 1.165) is 32.2 Å². The fourth-order valence-electron chi connectivity index (χ4n) is 4.43. The highest BCUT2D eigenvalue weighted by atomic mass is 16.5. The van der Waals surface area contributed by atoms with E-state index in [1.807, 2.05) is 7.11 Å². The molecule has 0 radical (unpaired) electrons. The van der Waals surface area contributed by atoms with Gasteiger partial charge < -0.3 is 9.64 Å². The Labute approximate surface area is 121 Å². The Morgan fingerprint density at radius 3 is 2.40 bits per heavy atom. The molecule has 4 aliphatic rings. The van der Waals surface area contributed by atoms with Gasteiger partial charge in [-0.15, -0.1) is 0 Å². The van der Waals surface area contributed by atoms with Crippen molar-refractivity contribution in [3.8, 4) is 0 Å². The summed E-state index contributed by atoms with van der Waals surface area (Å²) in [6.45, 7) is 0.804. The summed E-state index contributed by atoms with van der Waals surface area (Å²) in [6, 6.07) is 0. The minimum absolute atomic E-state index is 0.0470. The van der Waals surface area contributed by atoms with Gasteiger partial charge in [-0.2, -0.15) is 0 Å². The second kappa shape index (κ2) is 4.44. The Hall–Kier alpha value is -0.610. The maximum atomic E-state index is 12.8. The van der Waals surface area contributed by atoms with E-state index in [9.17, 15) is 4.79 Å². The number of amides is 1. The fourth-order valence-corrected chi connectivity index (χ4v) is 4.43. The molecule has 1 unspecified atom stereocenters. The van der Waals surface area contributed by atoms with Gasteiger partial charge in [0, 0.05) is 7.11 Å². The predicted octanol–water partition coefficient (Wildman–Crippen LogP) is 2.04. The summed E-state index contributed by atoms with van der Waals surface area (Å²) in [5.74, 6) is 1.02. The van der Waals surface area contributed by atoms with Gasteiger partial charge in [0.15, 0.2) is 0 Å². The van der Waals surface area contributed by atoms with E-state index in [1.165, 1.54) is 32.1 Å². The molecule has 20 heavy (non-hydrogen) atoms. The Morgan fingerprint density at radius 1 is 1.20 bits per heavy atom. The normalized spacial score (nSPS) is 34.8. The van der Waals surface area contributed by atoms with Crippen LogP contribution >= 0.6 is 0 Å². The third-order valence-corrected chi connectivity index (χ3v) is 6.18. The zero-order valence-corrected chi connectivity index (χ0v) is 12.5. The number of hydrogen-bond donors (Lipinski definition) is 1. The molecule has 0 aromatic heterocycles. The molecule has 3 saturated carbocycles. The topological polar surface area (TPSA) is 41.6 Å². The standard InChI is InChI=1S/C16H26N2O2/c1-20-15(7-4-8-15)11-18-13(12-5-2-3-6-12)17-16(9-10-16)14(18)19/h12-13,17H,2-11H2,1H3. The van der Waals surface area contributed by atoms with Crippen molar-refractivity contribution in [1.82, 2.24) is 10.2 Å². The Bertz CT molecular complexity index is 403. The van der Waals surface area contributed by atoms with Crippen molar-refractivity contribution in [3.63, 3.8) is 0 Å². The minimum Gasteiger partial charge on any atom is -0.376 e. The highest BCUT2D eigenvalue weighted by Crippen LogP contribution is 2.47. The third kappa shape index (κ3) is 1.84. The van der Waals surface area contributed by atoms with Crippen molar-refractivity contribution in [2.75, 3.05) is 13.7 Å². The van der Waals surface area contributed by atoms with Gasteiger partial charge in [-0.3, -0.25) is 10.1 Å². The largest absolute Gasteiger partial charge is 0.376 e. The first-order valence-electron chi connectivity index (χ1n) is 8.32. The highest BCUT2D eigenvalue weighted by Gasteiger charge is 2.61. The van der Waals surface area contributed by atoms with Crippen LogP contribution in [-0.4, -0.2) is 41.8 Å². The lowest BCUT2D eigenvalue weighted by molar-refractivity contribution is -0.142. The van der Waals surface area contributed by atoms with Crippen LogP contribution in [0.2, 0.25) is 0 Å². The first-order valence-corrected chi connectivity index (χ1v) is 8.32. The van der Waals surface area contributed by atoms with Crippen LogP contribution in [-0.2, 0) is 9.53 Å². The molecule has 112 valence electrons. The summed E-state index contributed by atoms with van der Waals surface area (Å²) >= 11 is 0. The summed E-state index contributed by atoms with van der Waals surface area (Å²) in [5.41, 5.74) is -0.222. The Balaban J connectivity index is 1.55. The molecule has 0 bridgehead atoms. The smallest absolute Gasteiger partial charge is 0.244 e. The number of rotatable bonds is 4. The summed E-state index contributed by atoms with van der Waals surface area (Å²) in [5, 5.41) is 3.70. The number of carbonyl (C=O) groups is 1. The minimum atomic E-state index is -0.175. The molecule has 0 aromatic carbocycles. The zero-order valence-electron chi connectivity index (χ0n) is 12.5. The second-order valence-electron chi connectivity index (χ2n) is 7.39. The van der Waals surface area contributed by atoms with Crippen LogP contribution in [0.15, 0.2) is 0 Å². The van der Waals surface area contributed by atoms with Crippen LogP contribution in [0.3, 0.4) is 0 Å². The van der Waals surface area contributed by atoms with Gasteiger partial charge in [-0.25, -0.2) is 0 Å². The van der Waals surface area contributed by atoms with Crippen molar-refractivity contribution in [1.29, 1.82) is 0 Å². The molecule has 4 nitrogen and oxygen atoms in total. The second-order valence-corrected chi connectivity index (χ2v) is 7.39. The van der Waals surface area contributed by atoms with Crippen molar-refractivity contribution in [3.05, 3.63) is 0 Å². The Kier molecular flexibility index (Phi) is 2.90. The van der Waals surface area contributed by atoms with E-state index < -0.39 is 0 Å². The van der Waals surface area contributed by atoms with Crippen LogP contribution in [0.1, 0.15) is 57.8 Å². The van der Waals surface area contributed by atoms with Crippen molar-refractivity contribution >= 4 is 5.91 Å². The predicted molar refractivity (Wildman–Crippen MR) is 76.2 cm³/mol. The summed E-state index contributed by atoms with van der Waals surface area (Å²) in [6.07, 6.45) is 11.0. The summed E-state index contributed by atoms with van der Waals surface area (Å²) in [4.78, 5) is 15.0. The van der Waals surface area contributed by atoms with Gasteiger partial charge in [0.2, 0.25) is 5.91 Å². The molecule has 4 rings (SSSR count). The molecule has 4 fully saturated rings. The molecule has 1 amide bonds. The number of carbonyl (C=O) groups excluding carboxylic acids is 1. The van der Waals surface area contributed by atoms with E-state index in [0.29, 0.717) is 11.8 Å². The van der Waals surface area contributed by atoms with Gasteiger partial charge >= 0.3 is 0 Å². The van der Waals surface area contributed by atoms with Crippen molar-refractivity contribution < 1.29 is 9.53 Å². The monoisotopic (exact) mass is 278 g/mol. The molecular formula is C16H26N2O2.